The third-order valence-electron chi connectivity index (χ3n) is 3.56. The van der Waals surface area contributed by atoms with Crippen molar-refractivity contribution in [1.29, 1.82) is 0 Å². The lowest BCUT2D eigenvalue weighted by Crippen LogP contribution is -2.12. The number of carbonyl (C=O) groups is 1. The molecule has 0 aliphatic heterocycles. The van der Waals surface area contributed by atoms with Crippen molar-refractivity contribution in [3.63, 3.8) is 0 Å². The third kappa shape index (κ3) is 4.45. The molecule has 1 aromatic heterocycles. The zero-order valence-corrected chi connectivity index (χ0v) is 15.3. The fourth-order valence-corrected chi connectivity index (χ4v) is 2.54. The van der Waals surface area contributed by atoms with E-state index in [9.17, 15) is 4.79 Å². The number of carbonyl (C=O) groups excluding carboxylic acids is 1. The Balaban J connectivity index is 1.73. The van der Waals surface area contributed by atoms with E-state index in [-0.39, 0.29) is 5.91 Å². The molecule has 2 N–H and O–H groups in total. The number of hydrogen-bond donors (Lipinski definition) is 2. The summed E-state index contributed by atoms with van der Waals surface area (Å²) in [6, 6.07) is 15.5. The Bertz CT molecular complexity index is 930. The Morgan fingerprint density at radius 3 is 2.38 bits per heavy atom. The zero-order valence-electron chi connectivity index (χ0n) is 13.8. The molecule has 1 amide bonds. The van der Waals surface area contributed by atoms with E-state index in [1.165, 1.54) is 0 Å². The van der Waals surface area contributed by atoms with E-state index in [0.717, 1.165) is 11.4 Å². The smallest absolute Gasteiger partial charge is 0.255 e. The van der Waals surface area contributed by atoms with Gasteiger partial charge in [0.1, 0.15) is 11.6 Å². The topological polar surface area (TPSA) is 63.2 Å². The molecule has 0 bridgehead atoms. The van der Waals surface area contributed by atoms with Gasteiger partial charge in [0, 0.05) is 23.1 Å². The normalized spacial score (nSPS) is 10.3. The second-order valence-corrected chi connectivity index (χ2v) is 6.18. The minimum Gasteiger partial charge on any atom is -0.497 e. The van der Waals surface area contributed by atoms with Gasteiger partial charge in [0.05, 0.1) is 17.2 Å². The minimum absolute atomic E-state index is 0.241. The lowest BCUT2D eigenvalue weighted by molar-refractivity contribution is 0.102. The molecule has 3 aromatic rings. The molecule has 5 nitrogen and oxygen atoms in total. The summed E-state index contributed by atoms with van der Waals surface area (Å²) in [4.78, 5) is 16.7. The number of anilines is 3. The van der Waals surface area contributed by atoms with Crippen LogP contribution in [0, 0.1) is 0 Å². The first kappa shape index (κ1) is 18.0. The highest BCUT2D eigenvalue weighted by atomic mass is 35.5. The highest BCUT2D eigenvalue weighted by Crippen LogP contribution is 2.26. The fraction of sp³-hybridized carbons (Fsp3) is 0.0526. The average Bonchev–Trinajstić information content (AvgIpc) is 2.65. The van der Waals surface area contributed by atoms with Gasteiger partial charge >= 0.3 is 0 Å². The van der Waals surface area contributed by atoms with Crippen molar-refractivity contribution in [2.45, 2.75) is 0 Å². The Morgan fingerprint density at radius 1 is 0.962 bits per heavy atom. The van der Waals surface area contributed by atoms with E-state index in [1.54, 1.807) is 67.9 Å². The molecule has 0 saturated heterocycles. The van der Waals surface area contributed by atoms with Crippen molar-refractivity contribution in [3.8, 4) is 5.75 Å². The number of benzene rings is 2. The number of methoxy groups -OCH3 is 1. The van der Waals surface area contributed by atoms with E-state index in [4.69, 9.17) is 27.9 Å². The predicted molar refractivity (Wildman–Crippen MR) is 105 cm³/mol. The van der Waals surface area contributed by atoms with Crippen LogP contribution >= 0.6 is 23.2 Å². The third-order valence-corrected chi connectivity index (χ3v) is 4.30. The van der Waals surface area contributed by atoms with Crippen molar-refractivity contribution in [3.05, 3.63) is 76.4 Å². The second kappa shape index (κ2) is 8.08. The predicted octanol–water partition coefficient (Wildman–Crippen LogP) is 5.39. The number of ether oxygens (including phenoxy) is 1. The molecule has 0 atom stereocenters. The number of nitrogens with zero attached hydrogens (tertiary/aromatic N) is 1. The number of halogens is 2. The summed E-state index contributed by atoms with van der Waals surface area (Å²) < 4.78 is 5.10. The Morgan fingerprint density at radius 2 is 1.69 bits per heavy atom. The summed E-state index contributed by atoms with van der Waals surface area (Å²) >= 11 is 11.9. The largest absolute Gasteiger partial charge is 0.497 e. The minimum atomic E-state index is -0.241. The van der Waals surface area contributed by atoms with E-state index in [1.807, 2.05) is 0 Å². The Labute approximate surface area is 160 Å². The Kier molecular flexibility index (Phi) is 5.61. The first-order valence-corrected chi connectivity index (χ1v) is 8.44. The molecule has 0 spiro atoms. The maximum Gasteiger partial charge on any atom is 0.255 e. The van der Waals surface area contributed by atoms with Crippen molar-refractivity contribution in [2.75, 3.05) is 17.7 Å². The van der Waals surface area contributed by atoms with Crippen LogP contribution < -0.4 is 15.4 Å². The molecule has 7 heteroatoms. The van der Waals surface area contributed by atoms with E-state index < -0.39 is 0 Å². The summed E-state index contributed by atoms with van der Waals surface area (Å²) in [6.07, 6.45) is 1.56. The molecule has 132 valence electrons. The summed E-state index contributed by atoms with van der Waals surface area (Å²) in [7, 11) is 1.59. The van der Waals surface area contributed by atoms with Gasteiger partial charge in [0.15, 0.2) is 0 Å². The standard InChI is InChI=1S/C19H15Cl2N3O2/c1-26-15-5-2-13(3-6-15)24-19(25)12-8-9-22-18(10-12)23-14-4-7-16(20)17(21)11-14/h2-11H,1H3,(H,22,23)(H,24,25). The monoisotopic (exact) mass is 387 g/mol. The molecule has 0 aliphatic carbocycles. The summed E-state index contributed by atoms with van der Waals surface area (Å²) in [5, 5.41) is 6.83. The van der Waals surface area contributed by atoms with Gasteiger partial charge in [-0.05, 0) is 54.6 Å². The second-order valence-electron chi connectivity index (χ2n) is 5.37. The van der Waals surface area contributed by atoms with Crippen LogP contribution in [0.3, 0.4) is 0 Å². The number of aromatic nitrogens is 1. The first-order valence-electron chi connectivity index (χ1n) is 7.69. The number of hydrogen-bond acceptors (Lipinski definition) is 4. The van der Waals surface area contributed by atoms with Crippen LogP contribution in [0.5, 0.6) is 5.75 Å². The van der Waals surface area contributed by atoms with E-state index in [0.29, 0.717) is 27.1 Å². The number of pyridine rings is 1. The molecule has 0 radical (unpaired) electrons. The van der Waals surface area contributed by atoms with Gasteiger partial charge in [-0.3, -0.25) is 4.79 Å². The van der Waals surface area contributed by atoms with Crippen molar-refractivity contribution < 1.29 is 9.53 Å². The molecule has 0 fully saturated rings. The van der Waals surface area contributed by atoms with Crippen LogP contribution in [-0.2, 0) is 0 Å². The quantitative estimate of drug-likeness (QED) is 0.615. The van der Waals surface area contributed by atoms with Gasteiger partial charge < -0.3 is 15.4 Å². The van der Waals surface area contributed by atoms with Gasteiger partial charge in [-0.25, -0.2) is 4.98 Å². The van der Waals surface area contributed by atoms with Gasteiger partial charge in [0.2, 0.25) is 0 Å². The summed E-state index contributed by atoms with van der Waals surface area (Å²) in [6.45, 7) is 0. The van der Waals surface area contributed by atoms with Gasteiger partial charge in [-0.2, -0.15) is 0 Å². The van der Waals surface area contributed by atoms with Gasteiger partial charge in [0.25, 0.3) is 5.91 Å². The molecule has 2 aromatic carbocycles. The molecule has 0 unspecified atom stereocenters. The van der Waals surface area contributed by atoms with Crippen LogP contribution in [0.15, 0.2) is 60.8 Å². The molecule has 0 saturated carbocycles. The van der Waals surface area contributed by atoms with Crippen LogP contribution in [0.1, 0.15) is 10.4 Å². The molecule has 1 heterocycles. The molecule has 0 aliphatic rings. The van der Waals surface area contributed by atoms with Crippen molar-refractivity contribution >= 4 is 46.3 Å². The molecular weight excluding hydrogens is 373 g/mol. The highest BCUT2D eigenvalue weighted by Gasteiger charge is 2.08. The highest BCUT2D eigenvalue weighted by molar-refractivity contribution is 6.42. The van der Waals surface area contributed by atoms with Crippen LogP contribution in [-0.4, -0.2) is 18.0 Å². The first-order chi connectivity index (χ1) is 12.5. The van der Waals surface area contributed by atoms with Crippen LogP contribution in [0.2, 0.25) is 10.0 Å². The molecule has 3 rings (SSSR count). The number of nitrogens with one attached hydrogen (secondary N) is 2. The number of rotatable bonds is 5. The van der Waals surface area contributed by atoms with E-state index >= 15 is 0 Å². The van der Waals surface area contributed by atoms with Crippen LogP contribution in [0.25, 0.3) is 0 Å². The summed E-state index contributed by atoms with van der Waals surface area (Å²) in [5.41, 5.74) is 1.87. The molecular formula is C19H15Cl2N3O2. The number of amides is 1. The Hall–Kier alpha value is -2.76. The molecule has 26 heavy (non-hydrogen) atoms. The van der Waals surface area contributed by atoms with Crippen LogP contribution in [0.4, 0.5) is 17.2 Å². The average molecular weight is 388 g/mol. The van der Waals surface area contributed by atoms with E-state index in [2.05, 4.69) is 15.6 Å². The lowest BCUT2D eigenvalue weighted by atomic mass is 10.2. The lowest BCUT2D eigenvalue weighted by Gasteiger charge is -2.09. The van der Waals surface area contributed by atoms with Gasteiger partial charge in [-0.15, -0.1) is 0 Å². The SMILES string of the molecule is COc1ccc(NC(=O)c2ccnc(Nc3ccc(Cl)c(Cl)c3)c2)cc1. The van der Waals surface area contributed by atoms with Crippen molar-refractivity contribution in [1.82, 2.24) is 4.98 Å². The maximum absolute atomic E-state index is 12.4. The zero-order chi connectivity index (χ0) is 18.5. The fourth-order valence-electron chi connectivity index (χ4n) is 2.24. The maximum atomic E-state index is 12.4. The summed E-state index contributed by atoms with van der Waals surface area (Å²) in [5.74, 6) is 1.00. The van der Waals surface area contributed by atoms with Gasteiger partial charge in [-0.1, -0.05) is 23.2 Å². The van der Waals surface area contributed by atoms with Crippen molar-refractivity contribution in [2.24, 2.45) is 0 Å².